The second-order valence-corrected chi connectivity index (χ2v) is 9.88. The number of ether oxygens (including phenoxy) is 4. The molecule has 0 bridgehead atoms. The van der Waals surface area contributed by atoms with Gasteiger partial charge in [0.25, 0.3) is 0 Å². The number of para-hydroxylation sites is 1. The first-order valence-electron chi connectivity index (χ1n) is 13.1. The highest BCUT2D eigenvalue weighted by atomic mass is 16.5. The molecule has 8 nitrogen and oxygen atoms in total. The molecule has 0 aromatic heterocycles. The Balaban J connectivity index is 1.21. The summed E-state index contributed by atoms with van der Waals surface area (Å²) >= 11 is 0. The summed E-state index contributed by atoms with van der Waals surface area (Å²) in [4.78, 5) is 38.0. The third-order valence-electron chi connectivity index (χ3n) is 7.42. The van der Waals surface area contributed by atoms with E-state index in [1.807, 2.05) is 12.1 Å². The summed E-state index contributed by atoms with van der Waals surface area (Å²) in [6, 6.07) is 10.5. The highest BCUT2D eigenvalue weighted by Gasteiger charge is 2.32. The number of likely N-dealkylation sites (tertiary alicyclic amines) is 1. The number of carbonyl (C=O) groups is 2. The molecule has 0 spiro atoms. The molecule has 1 heterocycles. The largest absolute Gasteiger partial charge is 0.493 e. The van der Waals surface area contributed by atoms with Crippen LogP contribution in [0.4, 0.5) is 0 Å². The molecule has 8 heteroatoms. The minimum absolute atomic E-state index is 0.171. The predicted octanol–water partition coefficient (Wildman–Crippen LogP) is 4.37. The maximum Gasteiger partial charge on any atom is 0.341 e. The van der Waals surface area contributed by atoms with Crippen molar-refractivity contribution in [3.05, 3.63) is 53.1 Å². The van der Waals surface area contributed by atoms with Gasteiger partial charge in [0.1, 0.15) is 17.3 Å². The molecular weight excluding hydrogens is 486 g/mol. The van der Waals surface area contributed by atoms with E-state index in [-0.39, 0.29) is 17.2 Å². The summed E-state index contributed by atoms with van der Waals surface area (Å²) in [6.45, 7) is 4.41. The monoisotopic (exact) mass is 521 g/mol. The number of rotatable bonds is 10. The Hall–Kier alpha value is -3.61. The smallest absolute Gasteiger partial charge is 0.341 e. The van der Waals surface area contributed by atoms with E-state index in [0.717, 1.165) is 68.4 Å². The van der Waals surface area contributed by atoms with Gasteiger partial charge in [-0.15, -0.1) is 0 Å². The second-order valence-electron chi connectivity index (χ2n) is 9.88. The van der Waals surface area contributed by atoms with Gasteiger partial charge in [-0.3, -0.25) is 4.79 Å². The average molecular weight is 522 g/mol. The van der Waals surface area contributed by atoms with Crippen LogP contribution >= 0.6 is 0 Å². The van der Waals surface area contributed by atoms with Crippen molar-refractivity contribution in [1.29, 1.82) is 0 Å². The number of piperidine rings is 1. The van der Waals surface area contributed by atoms with Gasteiger partial charge in [0.05, 0.1) is 20.8 Å². The van der Waals surface area contributed by atoms with Crippen molar-refractivity contribution in [3.63, 3.8) is 0 Å². The molecule has 38 heavy (non-hydrogen) atoms. The van der Waals surface area contributed by atoms with Crippen LogP contribution in [0.1, 0.15) is 54.1 Å². The first-order chi connectivity index (χ1) is 18.4. The molecule has 2 aromatic rings. The fourth-order valence-corrected chi connectivity index (χ4v) is 5.53. The first-order valence-corrected chi connectivity index (χ1v) is 13.1. The molecule has 1 unspecified atom stereocenters. The van der Waals surface area contributed by atoms with Crippen LogP contribution in [0.2, 0.25) is 0 Å². The van der Waals surface area contributed by atoms with Crippen molar-refractivity contribution in [1.82, 2.24) is 4.90 Å². The molecule has 2 aliphatic rings. The number of fused-ring (bicyclic) bond motifs is 1. The molecule has 0 radical (unpaired) electrons. The minimum atomic E-state index is -0.493. The van der Waals surface area contributed by atoms with Crippen LogP contribution in [0.3, 0.4) is 0 Å². The topological polar surface area (TPSA) is 91.4 Å². The number of benzene rings is 2. The summed E-state index contributed by atoms with van der Waals surface area (Å²) in [5, 5.41) is 0. The lowest BCUT2D eigenvalue weighted by Crippen LogP contribution is -2.35. The first kappa shape index (κ1) is 27.4. The van der Waals surface area contributed by atoms with Crippen molar-refractivity contribution in [3.8, 4) is 17.2 Å². The Morgan fingerprint density at radius 2 is 1.74 bits per heavy atom. The Morgan fingerprint density at radius 3 is 2.42 bits per heavy atom. The van der Waals surface area contributed by atoms with Gasteiger partial charge >= 0.3 is 11.9 Å². The van der Waals surface area contributed by atoms with Crippen LogP contribution in [-0.2, 0) is 20.7 Å². The molecule has 1 aliphatic carbocycles. The zero-order valence-electron chi connectivity index (χ0n) is 22.3. The molecule has 1 fully saturated rings. The number of carbonyl (C=O) groups excluding carboxylic acids is 3. The normalized spacial score (nSPS) is 17.4. The third-order valence-corrected chi connectivity index (χ3v) is 7.42. The highest BCUT2D eigenvalue weighted by Crippen LogP contribution is 2.44. The number of allylic oxidation sites excluding steroid dienone is 1. The van der Waals surface area contributed by atoms with Gasteiger partial charge in [-0.1, -0.05) is 12.1 Å². The van der Waals surface area contributed by atoms with Crippen molar-refractivity contribution in [2.45, 2.75) is 39.0 Å². The molecule has 1 aliphatic heterocycles. The van der Waals surface area contributed by atoms with Gasteiger partial charge in [0, 0.05) is 19.0 Å². The average Bonchev–Trinajstić information content (AvgIpc) is 3.26. The molecule has 0 saturated carbocycles. The SMILES string of the molecule is COc1cc2c(cc1OC)C(=C=O)C(CC1CCN(CCCOC(=O)c3ccccc3OC(C)=O)CC1)C2. The molecule has 0 amide bonds. The lowest BCUT2D eigenvalue weighted by atomic mass is 9.84. The highest BCUT2D eigenvalue weighted by molar-refractivity contribution is 5.94. The zero-order chi connectivity index (χ0) is 27.1. The number of hydrogen-bond donors (Lipinski definition) is 0. The standard InChI is InChI=1S/C30H35NO7/c1-20(33)38-27-8-5-4-7-24(27)30(34)37-14-6-11-31-12-9-21(10-13-31)15-22-16-23-17-28(35-2)29(36-3)18-25(23)26(22)19-32/h4-5,7-8,17-18,21-22H,6,9-16H2,1-3H3. The maximum atomic E-state index is 12.4. The van der Waals surface area contributed by atoms with Crippen LogP contribution in [0.25, 0.3) is 5.57 Å². The predicted molar refractivity (Wildman–Crippen MR) is 142 cm³/mol. The summed E-state index contributed by atoms with van der Waals surface area (Å²) in [5.41, 5.74) is 3.05. The summed E-state index contributed by atoms with van der Waals surface area (Å²) in [7, 11) is 3.22. The number of hydrogen-bond acceptors (Lipinski definition) is 8. The van der Waals surface area contributed by atoms with E-state index in [0.29, 0.717) is 24.0 Å². The maximum absolute atomic E-state index is 12.4. The van der Waals surface area contributed by atoms with Gasteiger partial charge in [-0.2, -0.15) is 0 Å². The van der Waals surface area contributed by atoms with Crippen molar-refractivity contribution >= 4 is 23.5 Å². The fraction of sp³-hybridized carbons (Fsp3) is 0.467. The van der Waals surface area contributed by atoms with Crippen LogP contribution < -0.4 is 14.2 Å². The van der Waals surface area contributed by atoms with Crippen molar-refractivity contribution in [2.24, 2.45) is 11.8 Å². The summed E-state index contributed by atoms with van der Waals surface area (Å²) in [5.74, 6) is 3.49. The lowest BCUT2D eigenvalue weighted by Gasteiger charge is -2.33. The van der Waals surface area contributed by atoms with Crippen molar-refractivity contribution in [2.75, 3.05) is 40.5 Å². The van der Waals surface area contributed by atoms with E-state index in [2.05, 4.69) is 10.8 Å². The van der Waals surface area contributed by atoms with Crippen LogP contribution in [0.5, 0.6) is 17.2 Å². The van der Waals surface area contributed by atoms with Crippen LogP contribution in [0, 0.1) is 11.8 Å². The van der Waals surface area contributed by atoms with Crippen LogP contribution in [-0.4, -0.2) is 63.2 Å². The van der Waals surface area contributed by atoms with Gasteiger partial charge < -0.3 is 23.8 Å². The van der Waals surface area contributed by atoms with E-state index in [9.17, 15) is 14.4 Å². The number of methoxy groups -OCH3 is 2. The number of esters is 2. The number of nitrogens with zero attached hydrogens (tertiary/aromatic N) is 1. The minimum Gasteiger partial charge on any atom is -0.493 e. The lowest BCUT2D eigenvalue weighted by molar-refractivity contribution is -0.131. The molecule has 2 aromatic carbocycles. The van der Waals surface area contributed by atoms with Crippen molar-refractivity contribution < 1.29 is 33.3 Å². The van der Waals surface area contributed by atoms with E-state index >= 15 is 0 Å². The molecule has 4 rings (SSSR count). The quantitative estimate of drug-likeness (QED) is 0.197. The fourth-order valence-electron chi connectivity index (χ4n) is 5.53. The Morgan fingerprint density at radius 1 is 1.03 bits per heavy atom. The van der Waals surface area contributed by atoms with E-state index in [1.165, 1.54) is 6.92 Å². The molecule has 0 N–H and O–H groups in total. The van der Waals surface area contributed by atoms with Gasteiger partial charge in [0.2, 0.25) is 0 Å². The van der Waals surface area contributed by atoms with Gasteiger partial charge in [-0.25, -0.2) is 9.59 Å². The Bertz CT molecular complexity index is 1210. The van der Waals surface area contributed by atoms with E-state index in [4.69, 9.17) is 18.9 Å². The second kappa shape index (κ2) is 12.8. The van der Waals surface area contributed by atoms with E-state index < -0.39 is 11.9 Å². The van der Waals surface area contributed by atoms with Crippen LogP contribution in [0.15, 0.2) is 36.4 Å². The summed E-state index contributed by atoms with van der Waals surface area (Å²) in [6.07, 6.45) is 4.66. The molecule has 202 valence electrons. The molecule has 1 saturated heterocycles. The Labute approximate surface area is 223 Å². The van der Waals surface area contributed by atoms with E-state index in [1.54, 1.807) is 38.5 Å². The molecular formula is C30H35NO7. The third kappa shape index (κ3) is 6.44. The molecule has 1 atom stereocenters. The Kier molecular flexibility index (Phi) is 9.21. The van der Waals surface area contributed by atoms with Gasteiger partial charge in [-0.05, 0) is 92.4 Å². The summed E-state index contributed by atoms with van der Waals surface area (Å²) < 4.78 is 21.4. The van der Waals surface area contributed by atoms with Gasteiger partial charge in [0.15, 0.2) is 11.5 Å². The zero-order valence-corrected chi connectivity index (χ0v) is 22.3.